The van der Waals surface area contributed by atoms with Crippen molar-refractivity contribution in [1.29, 1.82) is 0 Å². The number of rotatable bonds is 7. The van der Waals surface area contributed by atoms with Crippen molar-refractivity contribution in [2.75, 3.05) is 24.6 Å². The van der Waals surface area contributed by atoms with E-state index < -0.39 is 5.97 Å². The smallest absolute Gasteiger partial charge is 0.303 e. The summed E-state index contributed by atoms with van der Waals surface area (Å²) >= 11 is 0. The SMILES string of the molecule is CCN(CCO)c1ccc(CCC(=O)O)cc1. The number of nitrogens with zero attached hydrogens (tertiary/aromatic N) is 1. The highest BCUT2D eigenvalue weighted by Gasteiger charge is 2.04. The molecule has 17 heavy (non-hydrogen) atoms. The molecule has 0 heterocycles. The van der Waals surface area contributed by atoms with Crippen molar-refractivity contribution < 1.29 is 15.0 Å². The van der Waals surface area contributed by atoms with Gasteiger partial charge in [0.2, 0.25) is 0 Å². The molecule has 0 aliphatic rings. The zero-order chi connectivity index (χ0) is 12.7. The Bertz CT molecular complexity index is 348. The third kappa shape index (κ3) is 4.44. The van der Waals surface area contributed by atoms with Gasteiger partial charge in [-0.2, -0.15) is 0 Å². The number of aliphatic hydroxyl groups is 1. The highest BCUT2D eigenvalue weighted by molar-refractivity contribution is 5.67. The standard InChI is InChI=1S/C13H19NO3/c1-2-14(9-10-15)12-6-3-11(4-7-12)5-8-13(16)17/h3-4,6-7,15H,2,5,8-10H2,1H3,(H,16,17). The van der Waals surface area contributed by atoms with Crippen LogP contribution in [0.2, 0.25) is 0 Å². The largest absolute Gasteiger partial charge is 0.481 e. The third-order valence-corrected chi connectivity index (χ3v) is 2.68. The fraction of sp³-hybridized carbons (Fsp3) is 0.462. The molecule has 1 aromatic carbocycles. The van der Waals surface area contributed by atoms with Crippen LogP contribution in [0.3, 0.4) is 0 Å². The Morgan fingerprint density at radius 1 is 1.29 bits per heavy atom. The van der Waals surface area contributed by atoms with E-state index in [2.05, 4.69) is 4.90 Å². The molecule has 4 heteroatoms. The zero-order valence-electron chi connectivity index (χ0n) is 10.1. The first kappa shape index (κ1) is 13.5. The molecule has 0 bridgehead atoms. The van der Waals surface area contributed by atoms with Crippen LogP contribution in [0.5, 0.6) is 0 Å². The maximum atomic E-state index is 10.4. The average molecular weight is 237 g/mol. The number of benzene rings is 1. The minimum Gasteiger partial charge on any atom is -0.481 e. The summed E-state index contributed by atoms with van der Waals surface area (Å²) < 4.78 is 0. The highest BCUT2D eigenvalue weighted by Crippen LogP contribution is 2.15. The lowest BCUT2D eigenvalue weighted by Gasteiger charge is -2.22. The van der Waals surface area contributed by atoms with Crippen LogP contribution in [0.1, 0.15) is 18.9 Å². The zero-order valence-corrected chi connectivity index (χ0v) is 10.1. The quantitative estimate of drug-likeness (QED) is 0.755. The van der Waals surface area contributed by atoms with Crippen LogP contribution in [0.15, 0.2) is 24.3 Å². The summed E-state index contributed by atoms with van der Waals surface area (Å²) in [6.45, 7) is 3.63. The number of hydrogen-bond donors (Lipinski definition) is 2. The summed E-state index contributed by atoms with van der Waals surface area (Å²) in [6, 6.07) is 7.82. The number of aryl methyl sites for hydroxylation is 1. The van der Waals surface area contributed by atoms with Gasteiger partial charge in [-0.25, -0.2) is 0 Å². The molecule has 1 rings (SSSR count). The lowest BCUT2D eigenvalue weighted by atomic mass is 10.1. The Kier molecular flexibility index (Phi) is 5.49. The van der Waals surface area contributed by atoms with Crippen LogP contribution in [0.4, 0.5) is 5.69 Å². The molecule has 0 aliphatic carbocycles. The first-order valence-corrected chi connectivity index (χ1v) is 5.84. The molecular weight excluding hydrogens is 218 g/mol. The van der Waals surface area contributed by atoms with Crippen molar-refractivity contribution in [2.24, 2.45) is 0 Å². The topological polar surface area (TPSA) is 60.8 Å². The number of carboxylic acid groups (broad SMARTS) is 1. The van der Waals surface area contributed by atoms with Gasteiger partial charge in [-0.15, -0.1) is 0 Å². The van der Waals surface area contributed by atoms with Crippen LogP contribution >= 0.6 is 0 Å². The van der Waals surface area contributed by atoms with Crippen molar-refractivity contribution in [3.8, 4) is 0 Å². The summed E-state index contributed by atoms with van der Waals surface area (Å²) in [5, 5.41) is 17.5. The molecule has 1 aromatic rings. The molecule has 0 aromatic heterocycles. The lowest BCUT2D eigenvalue weighted by molar-refractivity contribution is -0.136. The Labute approximate surface area is 101 Å². The summed E-state index contributed by atoms with van der Waals surface area (Å²) in [5.74, 6) is -0.774. The molecule has 0 atom stereocenters. The van der Waals surface area contributed by atoms with E-state index in [1.165, 1.54) is 0 Å². The van der Waals surface area contributed by atoms with Crippen LogP contribution < -0.4 is 4.90 Å². The van der Waals surface area contributed by atoms with Gasteiger partial charge in [-0.3, -0.25) is 4.79 Å². The molecule has 0 saturated heterocycles. The Hall–Kier alpha value is -1.55. The van der Waals surface area contributed by atoms with E-state index >= 15 is 0 Å². The molecule has 0 fully saturated rings. The predicted octanol–water partition coefficient (Wildman–Crippen LogP) is 1.52. The van der Waals surface area contributed by atoms with Gasteiger partial charge in [0.15, 0.2) is 0 Å². The first-order valence-electron chi connectivity index (χ1n) is 5.84. The number of aliphatic carboxylic acids is 1. The van der Waals surface area contributed by atoms with Crippen molar-refractivity contribution in [2.45, 2.75) is 19.8 Å². The van der Waals surface area contributed by atoms with Gasteiger partial charge in [0, 0.05) is 25.2 Å². The molecule has 0 amide bonds. The van der Waals surface area contributed by atoms with E-state index in [-0.39, 0.29) is 13.0 Å². The Morgan fingerprint density at radius 2 is 1.94 bits per heavy atom. The van der Waals surface area contributed by atoms with Gasteiger partial charge in [-0.1, -0.05) is 12.1 Å². The van der Waals surface area contributed by atoms with Crippen LogP contribution in [0.25, 0.3) is 0 Å². The summed E-state index contributed by atoms with van der Waals surface area (Å²) in [7, 11) is 0. The van der Waals surface area contributed by atoms with Gasteiger partial charge in [0.05, 0.1) is 6.61 Å². The molecule has 0 unspecified atom stereocenters. The van der Waals surface area contributed by atoms with Gasteiger partial charge < -0.3 is 15.1 Å². The minimum absolute atomic E-state index is 0.134. The molecule has 0 saturated carbocycles. The number of hydrogen-bond acceptors (Lipinski definition) is 3. The minimum atomic E-state index is -0.774. The maximum Gasteiger partial charge on any atom is 0.303 e. The van der Waals surface area contributed by atoms with E-state index in [1.54, 1.807) is 0 Å². The second kappa shape index (κ2) is 6.91. The highest BCUT2D eigenvalue weighted by atomic mass is 16.4. The van der Waals surface area contributed by atoms with E-state index in [9.17, 15) is 4.79 Å². The average Bonchev–Trinajstić information content (AvgIpc) is 2.34. The Balaban J connectivity index is 2.62. The van der Waals surface area contributed by atoms with Gasteiger partial charge >= 0.3 is 5.97 Å². The summed E-state index contributed by atoms with van der Waals surface area (Å²) in [4.78, 5) is 12.5. The monoisotopic (exact) mass is 237 g/mol. The lowest BCUT2D eigenvalue weighted by Crippen LogP contribution is -2.25. The fourth-order valence-electron chi connectivity index (χ4n) is 1.72. The second-order valence-corrected chi connectivity index (χ2v) is 3.86. The fourth-order valence-corrected chi connectivity index (χ4v) is 1.72. The van der Waals surface area contributed by atoms with Gasteiger partial charge in [0.1, 0.15) is 0 Å². The van der Waals surface area contributed by atoms with Crippen molar-refractivity contribution in [1.82, 2.24) is 0 Å². The van der Waals surface area contributed by atoms with Crippen molar-refractivity contribution >= 4 is 11.7 Å². The number of carboxylic acids is 1. The van der Waals surface area contributed by atoms with Crippen LogP contribution in [-0.2, 0) is 11.2 Å². The van der Waals surface area contributed by atoms with E-state index in [0.717, 1.165) is 17.8 Å². The predicted molar refractivity (Wildman–Crippen MR) is 67.4 cm³/mol. The molecule has 2 N–H and O–H groups in total. The molecule has 4 nitrogen and oxygen atoms in total. The van der Waals surface area contributed by atoms with E-state index in [1.807, 2.05) is 31.2 Å². The molecule has 0 aliphatic heterocycles. The van der Waals surface area contributed by atoms with Crippen LogP contribution in [-0.4, -0.2) is 35.9 Å². The molecule has 0 spiro atoms. The maximum absolute atomic E-state index is 10.4. The van der Waals surface area contributed by atoms with Gasteiger partial charge in [-0.05, 0) is 31.0 Å². The van der Waals surface area contributed by atoms with Crippen LogP contribution in [0, 0.1) is 0 Å². The molecule has 94 valence electrons. The first-order chi connectivity index (χ1) is 8.17. The normalized spacial score (nSPS) is 10.2. The number of carbonyl (C=O) groups is 1. The summed E-state index contributed by atoms with van der Waals surface area (Å²) in [6.07, 6.45) is 0.717. The van der Waals surface area contributed by atoms with Crippen molar-refractivity contribution in [3.63, 3.8) is 0 Å². The summed E-state index contributed by atoms with van der Waals surface area (Å²) in [5.41, 5.74) is 2.08. The Morgan fingerprint density at radius 3 is 2.41 bits per heavy atom. The molecule has 0 radical (unpaired) electrons. The second-order valence-electron chi connectivity index (χ2n) is 3.86. The van der Waals surface area contributed by atoms with Gasteiger partial charge in [0.25, 0.3) is 0 Å². The molecular formula is C13H19NO3. The number of aliphatic hydroxyl groups excluding tert-OH is 1. The van der Waals surface area contributed by atoms with E-state index in [4.69, 9.17) is 10.2 Å². The number of anilines is 1. The van der Waals surface area contributed by atoms with Crippen molar-refractivity contribution in [3.05, 3.63) is 29.8 Å². The number of likely N-dealkylation sites (N-methyl/N-ethyl adjacent to an activating group) is 1. The third-order valence-electron chi connectivity index (χ3n) is 2.68. The van der Waals surface area contributed by atoms with E-state index in [0.29, 0.717) is 13.0 Å².